The van der Waals surface area contributed by atoms with Crippen molar-refractivity contribution in [3.8, 4) is 0 Å². The Kier molecular flexibility index (Phi) is 4.14. The van der Waals surface area contributed by atoms with Crippen LogP contribution in [0, 0.1) is 17.8 Å². The van der Waals surface area contributed by atoms with E-state index in [1.54, 1.807) is 0 Å². The molecule has 0 aromatic heterocycles. The highest BCUT2D eigenvalue weighted by Gasteiger charge is 2.35. The molecular formula is C13H25NO2S. The normalized spacial score (nSPS) is 40.1. The molecule has 0 spiro atoms. The van der Waals surface area contributed by atoms with Crippen LogP contribution in [0.5, 0.6) is 0 Å². The molecule has 0 radical (unpaired) electrons. The molecule has 4 unspecified atom stereocenters. The van der Waals surface area contributed by atoms with E-state index < -0.39 is 9.84 Å². The summed E-state index contributed by atoms with van der Waals surface area (Å²) in [7, 11) is -2.84. The fourth-order valence-electron chi connectivity index (χ4n) is 3.60. The molecule has 0 amide bonds. The topological polar surface area (TPSA) is 46.2 Å². The van der Waals surface area contributed by atoms with Gasteiger partial charge in [0.25, 0.3) is 0 Å². The van der Waals surface area contributed by atoms with Gasteiger partial charge >= 0.3 is 0 Å². The van der Waals surface area contributed by atoms with Crippen LogP contribution in [0.2, 0.25) is 0 Å². The van der Waals surface area contributed by atoms with Gasteiger partial charge in [0.1, 0.15) is 9.84 Å². The third-order valence-electron chi connectivity index (χ3n) is 4.77. The minimum Gasteiger partial charge on any atom is -0.316 e. The molecule has 1 aliphatic heterocycles. The van der Waals surface area contributed by atoms with Crippen molar-refractivity contribution in [2.45, 2.75) is 44.3 Å². The standard InChI is InChI=1S/C13H25NO2S/c1-10-6-7-14-9-13(10)11-4-3-5-12(8-11)17(2,15)16/h10-14H,3-9H2,1-2H3. The van der Waals surface area contributed by atoms with Gasteiger partial charge in [0.05, 0.1) is 5.25 Å². The maximum Gasteiger partial charge on any atom is 0.150 e. The maximum absolute atomic E-state index is 11.7. The maximum atomic E-state index is 11.7. The summed E-state index contributed by atoms with van der Waals surface area (Å²) in [5.74, 6) is 2.05. The molecule has 100 valence electrons. The third-order valence-corrected chi connectivity index (χ3v) is 6.40. The summed E-state index contributed by atoms with van der Waals surface area (Å²) < 4.78 is 23.4. The summed E-state index contributed by atoms with van der Waals surface area (Å²) in [5.41, 5.74) is 0. The Balaban J connectivity index is 2.01. The smallest absolute Gasteiger partial charge is 0.150 e. The monoisotopic (exact) mass is 259 g/mol. The van der Waals surface area contributed by atoms with Gasteiger partial charge in [-0.25, -0.2) is 8.42 Å². The van der Waals surface area contributed by atoms with Crippen molar-refractivity contribution in [3.63, 3.8) is 0 Å². The zero-order valence-electron chi connectivity index (χ0n) is 11.0. The molecule has 0 bridgehead atoms. The van der Waals surface area contributed by atoms with Crippen LogP contribution < -0.4 is 5.32 Å². The van der Waals surface area contributed by atoms with E-state index in [4.69, 9.17) is 0 Å². The first-order valence-corrected chi connectivity index (χ1v) is 8.83. The highest BCUT2D eigenvalue weighted by Crippen LogP contribution is 2.37. The largest absolute Gasteiger partial charge is 0.316 e. The zero-order chi connectivity index (χ0) is 12.5. The van der Waals surface area contributed by atoms with Crippen molar-refractivity contribution in [3.05, 3.63) is 0 Å². The van der Waals surface area contributed by atoms with Gasteiger partial charge in [0, 0.05) is 6.26 Å². The average Bonchev–Trinajstić information content (AvgIpc) is 2.29. The molecule has 2 rings (SSSR count). The first-order chi connectivity index (χ1) is 7.98. The van der Waals surface area contributed by atoms with Crippen molar-refractivity contribution in [1.29, 1.82) is 0 Å². The van der Waals surface area contributed by atoms with Crippen molar-refractivity contribution in [1.82, 2.24) is 5.32 Å². The Morgan fingerprint density at radius 3 is 2.59 bits per heavy atom. The van der Waals surface area contributed by atoms with Crippen LogP contribution in [-0.2, 0) is 9.84 Å². The van der Waals surface area contributed by atoms with E-state index >= 15 is 0 Å². The third kappa shape index (κ3) is 3.22. The lowest BCUT2D eigenvalue weighted by molar-refractivity contribution is 0.153. The molecule has 1 aliphatic carbocycles. The molecule has 3 nitrogen and oxygen atoms in total. The van der Waals surface area contributed by atoms with Gasteiger partial charge in [-0.15, -0.1) is 0 Å². The van der Waals surface area contributed by atoms with Crippen molar-refractivity contribution in [2.75, 3.05) is 19.3 Å². The van der Waals surface area contributed by atoms with E-state index in [0.717, 1.165) is 38.3 Å². The van der Waals surface area contributed by atoms with Crippen LogP contribution in [-0.4, -0.2) is 33.0 Å². The van der Waals surface area contributed by atoms with Gasteiger partial charge < -0.3 is 5.32 Å². The van der Waals surface area contributed by atoms with Crippen LogP contribution >= 0.6 is 0 Å². The minimum absolute atomic E-state index is 0.0737. The Labute approximate surface area is 105 Å². The molecule has 17 heavy (non-hydrogen) atoms. The van der Waals surface area contributed by atoms with Crippen LogP contribution in [0.15, 0.2) is 0 Å². The van der Waals surface area contributed by atoms with E-state index in [1.165, 1.54) is 19.1 Å². The molecule has 1 heterocycles. The molecule has 0 aromatic carbocycles. The van der Waals surface area contributed by atoms with Gasteiger partial charge in [0.2, 0.25) is 0 Å². The molecule has 1 saturated carbocycles. The predicted molar refractivity (Wildman–Crippen MR) is 70.7 cm³/mol. The first-order valence-electron chi connectivity index (χ1n) is 6.88. The quantitative estimate of drug-likeness (QED) is 0.823. The van der Waals surface area contributed by atoms with Crippen LogP contribution in [0.1, 0.15) is 39.0 Å². The van der Waals surface area contributed by atoms with Crippen molar-refractivity contribution >= 4 is 9.84 Å². The Bertz CT molecular complexity index is 352. The van der Waals surface area contributed by atoms with E-state index in [0.29, 0.717) is 11.8 Å². The zero-order valence-corrected chi connectivity index (χ0v) is 11.8. The molecule has 1 N–H and O–H groups in total. The van der Waals surface area contributed by atoms with Gasteiger partial charge in [-0.1, -0.05) is 19.8 Å². The predicted octanol–water partition coefficient (Wildman–Crippen LogP) is 1.84. The van der Waals surface area contributed by atoms with Crippen LogP contribution in [0.4, 0.5) is 0 Å². The van der Waals surface area contributed by atoms with Crippen molar-refractivity contribution < 1.29 is 8.42 Å². The number of piperidine rings is 1. The Hall–Kier alpha value is -0.0900. The van der Waals surface area contributed by atoms with Crippen LogP contribution in [0.25, 0.3) is 0 Å². The average molecular weight is 259 g/mol. The number of nitrogens with one attached hydrogen (secondary N) is 1. The fourth-order valence-corrected chi connectivity index (χ4v) is 4.80. The number of rotatable bonds is 2. The summed E-state index contributed by atoms with van der Waals surface area (Å²) in [6.07, 6.45) is 6.74. The highest BCUT2D eigenvalue weighted by atomic mass is 32.2. The SMILES string of the molecule is CC1CCNCC1C1CCCC(S(C)(=O)=O)C1. The molecule has 4 heteroatoms. The summed E-state index contributed by atoms with van der Waals surface area (Å²) in [6, 6.07) is 0. The van der Waals surface area contributed by atoms with Crippen LogP contribution in [0.3, 0.4) is 0 Å². The summed E-state index contributed by atoms with van der Waals surface area (Å²) in [6.45, 7) is 4.54. The first kappa shape index (κ1) is 13.3. The van der Waals surface area contributed by atoms with Crippen molar-refractivity contribution in [2.24, 2.45) is 17.8 Å². The second-order valence-corrected chi connectivity index (χ2v) is 8.34. The fraction of sp³-hybridized carbons (Fsp3) is 1.00. The molecular weight excluding hydrogens is 234 g/mol. The lowest BCUT2D eigenvalue weighted by atomic mass is 9.72. The van der Waals surface area contributed by atoms with Gasteiger partial charge in [-0.3, -0.25) is 0 Å². The molecule has 2 aliphatic rings. The summed E-state index contributed by atoms with van der Waals surface area (Å²) in [4.78, 5) is 0. The second-order valence-electron chi connectivity index (χ2n) is 6.01. The Morgan fingerprint density at radius 1 is 1.18 bits per heavy atom. The lowest BCUT2D eigenvalue weighted by Gasteiger charge is -2.39. The van der Waals surface area contributed by atoms with E-state index in [1.807, 2.05) is 0 Å². The summed E-state index contributed by atoms with van der Waals surface area (Å²) in [5, 5.41) is 3.39. The molecule has 4 atom stereocenters. The highest BCUT2D eigenvalue weighted by molar-refractivity contribution is 7.91. The number of hydrogen-bond donors (Lipinski definition) is 1. The van der Waals surface area contributed by atoms with E-state index in [9.17, 15) is 8.42 Å². The van der Waals surface area contributed by atoms with E-state index in [2.05, 4.69) is 12.2 Å². The van der Waals surface area contributed by atoms with Gasteiger partial charge in [-0.05, 0) is 50.1 Å². The molecule has 2 fully saturated rings. The van der Waals surface area contributed by atoms with Gasteiger partial charge in [-0.2, -0.15) is 0 Å². The second kappa shape index (κ2) is 5.27. The summed E-state index contributed by atoms with van der Waals surface area (Å²) >= 11 is 0. The Morgan fingerprint density at radius 2 is 1.94 bits per heavy atom. The minimum atomic E-state index is -2.84. The molecule has 1 saturated heterocycles. The number of sulfone groups is 1. The van der Waals surface area contributed by atoms with E-state index in [-0.39, 0.29) is 5.25 Å². The lowest BCUT2D eigenvalue weighted by Crippen LogP contribution is -2.42. The number of hydrogen-bond acceptors (Lipinski definition) is 3. The van der Waals surface area contributed by atoms with Gasteiger partial charge in [0.15, 0.2) is 0 Å². The molecule has 0 aromatic rings.